The van der Waals surface area contributed by atoms with Crippen molar-refractivity contribution in [1.29, 1.82) is 0 Å². The molecule has 1 N–H and O–H groups in total. The highest BCUT2D eigenvalue weighted by atomic mass is 19.1. The summed E-state index contributed by atoms with van der Waals surface area (Å²) in [7, 11) is 0. The Balaban J connectivity index is 1.48. The second kappa shape index (κ2) is 8.43. The molecule has 0 spiro atoms. The number of nitrogens with zero attached hydrogens (tertiary/aromatic N) is 2. The van der Waals surface area contributed by atoms with Crippen LogP contribution in [0, 0.1) is 18.3 Å². The second-order valence-electron chi connectivity index (χ2n) is 9.14. The summed E-state index contributed by atoms with van der Waals surface area (Å²) < 4.78 is 14.4. The summed E-state index contributed by atoms with van der Waals surface area (Å²) in [6.45, 7) is 11.3. The van der Waals surface area contributed by atoms with Crippen molar-refractivity contribution >= 4 is 5.97 Å². The van der Waals surface area contributed by atoms with E-state index in [9.17, 15) is 14.3 Å². The van der Waals surface area contributed by atoms with E-state index in [0.29, 0.717) is 30.9 Å². The molecule has 1 saturated carbocycles. The minimum Gasteiger partial charge on any atom is -0.481 e. The Kier molecular flexibility index (Phi) is 5.85. The molecular formula is C26H29FN2O2. The molecule has 2 aromatic rings. The number of carboxylic acid groups (broad SMARTS) is 1. The first-order valence-electron chi connectivity index (χ1n) is 11.1. The highest BCUT2D eigenvalue weighted by Gasteiger charge is 2.51. The van der Waals surface area contributed by atoms with Crippen molar-refractivity contribution in [2.45, 2.75) is 56.0 Å². The van der Waals surface area contributed by atoms with Gasteiger partial charge in [-0.1, -0.05) is 49.4 Å². The fraction of sp³-hybridized carbons (Fsp3) is 0.462. The molecule has 4 rings (SSSR count). The highest BCUT2D eigenvalue weighted by Crippen LogP contribution is 2.46. The maximum Gasteiger partial charge on any atom is 0.314 e. The van der Waals surface area contributed by atoms with Gasteiger partial charge in [-0.15, -0.1) is 0 Å². The molecule has 1 aliphatic heterocycles. The Labute approximate surface area is 183 Å². The summed E-state index contributed by atoms with van der Waals surface area (Å²) in [5, 5.41) is 10.2. The minimum atomic E-state index is -0.861. The molecule has 0 bridgehead atoms. The van der Waals surface area contributed by atoms with Crippen LogP contribution in [0.3, 0.4) is 0 Å². The normalized spacial score (nSPS) is 31.6. The first-order valence-corrected chi connectivity index (χ1v) is 11.1. The van der Waals surface area contributed by atoms with Crippen molar-refractivity contribution in [3.8, 4) is 0 Å². The van der Waals surface area contributed by atoms with Crippen molar-refractivity contribution in [3.05, 3.63) is 83.0 Å². The molecule has 1 saturated heterocycles. The van der Waals surface area contributed by atoms with Gasteiger partial charge >= 0.3 is 5.97 Å². The number of hydrogen-bond acceptors (Lipinski definition) is 2. The van der Waals surface area contributed by atoms with Crippen LogP contribution in [-0.2, 0) is 15.7 Å². The van der Waals surface area contributed by atoms with Crippen molar-refractivity contribution < 1.29 is 14.3 Å². The third kappa shape index (κ3) is 3.64. The monoisotopic (exact) mass is 420 g/mol. The second-order valence-corrected chi connectivity index (χ2v) is 9.14. The first kappa shape index (κ1) is 21.5. The quantitative estimate of drug-likeness (QED) is 0.688. The average Bonchev–Trinajstić information content (AvgIpc) is 2.80. The Morgan fingerprint density at radius 3 is 2.32 bits per heavy atom. The smallest absolute Gasteiger partial charge is 0.314 e. The molecule has 4 nitrogen and oxygen atoms in total. The number of piperidine rings is 1. The van der Waals surface area contributed by atoms with Crippen LogP contribution in [0.25, 0.3) is 4.85 Å². The van der Waals surface area contributed by atoms with Crippen molar-refractivity contribution in [2.75, 3.05) is 13.1 Å². The largest absolute Gasteiger partial charge is 0.481 e. The molecule has 2 aliphatic rings. The van der Waals surface area contributed by atoms with Gasteiger partial charge in [-0.25, -0.2) is 11.0 Å². The zero-order valence-electron chi connectivity index (χ0n) is 17.9. The molecule has 0 amide bonds. The number of carbonyl (C=O) groups is 1. The fourth-order valence-corrected chi connectivity index (χ4v) is 5.83. The summed E-state index contributed by atoms with van der Waals surface area (Å²) in [5.74, 6) is -1.07. The van der Waals surface area contributed by atoms with E-state index in [1.54, 1.807) is 18.2 Å². The number of likely N-dealkylation sites (tertiary alicyclic amines) is 1. The standard InChI is InChI=1S/C26H29FN2O2/c1-19-18-29(17-16-26(19,24(30)31)20-8-4-3-5-9-20)21-12-14-25(28-2,15-13-21)22-10-6-7-11-23(22)27/h3-11,19,21H,12-18H2,1H3,(H,30,31)/t19-,21?,25?,26-/m1/s1. The lowest BCUT2D eigenvalue weighted by atomic mass is 9.65. The Morgan fingerprint density at radius 1 is 1.10 bits per heavy atom. The molecule has 162 valence electrons. The Bertz CT molecular complexity index is 978. The molecule has 0 aromatic heterocycles. The predicted molar refractivity (Wildman–Crippen MR) is 118 cm³/mol. The van der Waals surface area contributed by atoms with E-state index in [-0.39, 0.29) is 11.7 Å². The number of rotatable bonds is 4. The zero-order chi connectivity index (χ0) is 22.1. The lowest BCUT2D eigenvalue weighted by Crippen LogP contribution is -2.56. The lowest BCUT2D eigenvalue weighted by molar-refractivity contribution is -0.149. The molecular weight excluding hydrogens is 391 g/mol. The molecule has 31 heavy (non-hydrogen) atoms. The molecule has 2 atom stereocenters. The van der Waals surface area contributed by atoms with Crippen LogP contribution in [0.5, 0.6) is 0 Å². The number of halogens is 1. The van der Waals surface area contributed by atoms with Gasteiger partial charge in [0, 0.05) is 25.4 Å². The molecule has 1 aliphatic carbocycles. The maximum absolute atomic E-state index is 14.4. The molecule has 2 fully saturated rings. The van der Waals surface area contributed by atoms with Crippen LogP contribution in [0.1, 0.15) is 50.2 Å². The van der Waals surface area contributed by atoms with Gasteiger partial charge in [0.2, 0.25) is 0 Å². The van der Waals surface area contributed by atoms with E-state index < -0.39 is 16.9 Å². The molecule has 0 radical (unpaired) electrons. The summed E-state index contributed by atoms with van der Waals surface area (Å²) in [6, 6.07) is 16.6. The molecule has 2 aromatic carbocycles. The Morgan fingerprint density at radius 2 is 1.74 bits per heavy atom. The van der Waals surface area contributed by atoms with E-state index in [1.165, 1.54) is 6.07 Å². The van der Waals surface area contributed by atoms with E-state index >= 15 is 0 Å². The van der Waals surface area contributed by atoms with Crippen molar-refractivity contribution in [2.24, 2.45) is 5.92 Å². The summed E-state index contributed by atoms with van der Waals surface area (Å²) >= 11 is 0. The van der Waals surface area contributed by atoms with Crippen LogP contribution < -0.4 is 0 Å². The van der Waals surface area contributed by atoms with Gasteiger partial charge in [-0.05, 0) is 49.4 Å². The van der Waals surface area contributed by atoms with Gasteiger partial charge in [0.25, 0.3) is 5.54 Å². The van der Waals surface area contributed by atoms with Gasteiger partial charge < -0.3 is 14.9 Å². The fourth-order valence-electron chi connectivity index (χ4n) is 5.83. The summed E-state index contributed by atoms with van der Waals surface area (Å²) in [5.41, 5.74) is -0.243. The van der Waals surface area contributed by atoms with Gasteiger partial charge in [0.1, 0.15) is 5.82 Å². The summed E-state index contributed by atoms with van der Waals surface area (Å²) in [4.78, 5) is 18.7. The van der Waals surface area contributed by atoms with Gasteiger partial charge in [-0.2, -0.15) is 0 Å². The molecule has 0 unspecified atom stereocenters. The number of hydrogen-bond donors (Lipinski definition) is 1. The molecule has 5 heteroatoms. The van der Waals surface area contributed by atoms with Gasteiger partial charge in [-0.3, -0.25) is 4.79 Å². The summed E-state index contributed by atoms with van der Waals surface area (Å²) in [6.07, 6.45) is 3.50. The van der Waals surface area contributed by atoms with Crippen LogP contribution in [0.2, 0.25) is 0 Å². The van der Waals surface area contributed by atoms with E-state index in [2.05, 4.69) is 9.74 Å². The molecule has 1 heterocycles. The SMILES string of the molecule is [C-]#[N+]C1(c2ccccc2F)CCC(N2CC[C@](C(=O)O)(c3ccccc3)[C@H](C)C2)CC1. The van der Waals surface area contributed by atoms with Gasteiger partial charge in [0.15, 0.2) is 0 Å². The highest BCUT2D eigenvalue weighted by molar-refractivity contribution is 5.82. The van der Waals surface area contributed by atoms with Crippen LogP contribution in [-0.4, -0.2) is 35.1 Å². The number of carboxylic acids is 1. The van der Waals surface area contributed by atoms with Crippen LogP contribution in [0.15, 0.2) is 54.6 Å². The topological polar surface area (TPSA) is 44.9 Å². The van der Waals surface area contributed by atoms with Crippen molar-refractivity contribution in [1.82, 2.24) is 4.90 Å². The van der Waals surface area contributed by atoms with E-state index in [0.717, 1.165) is 31.5 Å². The predicted octanol–water partition coefficient (Wildman–Crippen LogP) is 5.25. The average molecular weight is 421 g/mol. The maximum atomic E-state index is 14.4. The Hall–Kier alpha value is -2.71. The van der Waals surface area contributed by atoms with E-state index in [4.69, 9.17) is 6.57 Å². The third-order valence-corrected chi connectivity index (χ3v) is 7.70. The number of benzene rings is 2. The van der Waals surface area contributed by atoms with Crippen LogP contribution >= 0.6 is 0 Å². The lowest BCUT2D eigenvalue weighted by Gasteiger charge is -2.48. The van der Waals surface area contributed by atoms with Gasteiger partial charge in [0.05, 0.1) is 11.0 Å². The number of aliphatic carboxylic acids is 1. The third-order valence-electron chi connectivity index (χ3n) is 7.70. The zero-order valence-corrected chi connectivity index (χ0v) is 17.9. The van der Waals surface area contributed by atoms with Crippen molar-refractivity contribution in [3.63, 3.8) is 0 Å². The van der Waals surface area contributed by atoms with Crippen LogP contribution in [0.4, 0.5) is 4.39 Å². The first-order chi connectivity index (χ1) is 14.9. The minimum absolute atomic E-state index is 0.0275. The van der Waals surface area contributed by atoms with E-state index in [1.807, 2.05) is 37.3 Å².